The molecule has 0 heterocycles. The molecule has 0 saturated carbocycles. The molecule has 21 heavy (non-hydrogen) atoms. The van der Waals surface area contributed by atoms with Crippen LogP contribution in [0.2, 0.25) is 0 Å². The fraction of sp³-hybridized carbons (Fsp3) is 0.500. The van der Waals surface area contributed by atoms with Crippen molar-refractivity contribution in [2.75, 3.05) is 18.8 Å². The third kappa shape index (κ3) is 4.44. The van der Waals surface area contributed by atoms with Gasteiger partial charge in [-0.05, 0) is 38.5 Å². The number of nitrogens with two attached hydrogens (primary N) is 1. The lowest BCUT2D eigenvalue weighted by molar-refractivity contribution is -0.121. The van der Waals surface area contributed by atoms with Gasteiger partial charge in [-0.2, -0.15) is 4.31 Å². The van der Waals surface area contributed by atoms with Crippen molar-refractivity contribution in [2.45, 2.75) is 38.6 Å². The van der Waals surface area contributed by atoms with Crippen molar-refractivity contribution < 1.29 is 13.2 Å². The van der Waals surface area contributed by atoms with E-state index in [4.69, 9.17) is 5.73 Å². The predicted molar refractivity (Wildman–Crippen MR) is 83.3 cm³/mol. The lowest BCUT2D eigenvalue weighted by atomic mass is 10.2. The molecule has 1 aromatic carbocycles. The van der Waals surface area contributed by atoms with Gasteiger partial charge in [0.05, 0.1) is 11.4 Å². The number of benzene rings is 1. The first-order valence-electron chi connectivity index (χ1n) is 6.84. The third-order valence-corrected chi connectivity index (χ3v) is 4.93. The van der Waals surface area contributed by atoms with E-state index in [1.807, 2.05) is 13.8 Å². The van der Waals surface area contributed by atoms with Crippen LogP contribution in [0.3, 0.4) is 0 Å². The SMILES string of the molecule is CCN(CC(=O)NC(C)C)S(=O)(=O)c1ccc(C)c(N)c1. The summed E-state index contributed by atoms with van der Waals surface area (Å²) in [4.78, 5) is 11.9. The number of amides is 1. The van der Waals surface area contributed by atoms with Gasteiger partial charge in [0.15, 0.2) is 0 Å². The summed E-state index contributed by atoms with van der Waals surface area (Å²) >= 11 is 0. The van der Waals surface area contributed by atoms with E-state index >= 15 is 0 Å². The summed E-state index contributed by atoms with van der Waals surface area (Å²) in [5.74, 6) is -0.324. The average Bonchev–Trinajstić information content (AvgIpc) is 2.37. The Morgan fingerprint density at radius 1 is 1.38 bits per heavy atom. The monoisotopic (exact) mass is 313 g/mol. The molecule has 0 aliphatic heterocycles. The van der Waals surface area contributed by atoms with Crippen molar-refractivity contribution in [3.8, 4) is 0 Å². The highest BCUT2D eigenvalue weighted by molar-refractivity contribution is 7.89. The molecule has 1 rings (SSSR count). The highest BCUT2D eigenvalue weighted by Gasteiger charge is 2.25. The molecule has 0 saturated heterocycles. The summed E-state index contributed by atoms with van der Waals surface area (Å²) < 4.78 is 26.2. The van der Waals surface area contributed by atoms with Crippen molar-refractivity contribution in [1.29, 1.82) is 0 Å². The number of nitrogens with zero attached hydrogens (tertiary/aromatic N) is 1. The van der Waals surface area contributed by atoms with Gasteiger partial charge in [-0.1, -0.05) is 13.0 Å². The van der Waals surface area contributed by atoms with Crippen LogP contribution in [0.15, 0.2) is 23.1 Å². The molecular formula is C14H23N3O3S. The van der Waals surface area contributed by atoms with E-state index in [1.54, 1.807) is 19.9 Å². The minimum atomic E-state index is -3.73. The van der Waals surface area contributed by atoms with E-state index < -0.39 is 10.0 Å². The van der Waals surface area contributed by atoms with Gasteiger partial charge in [0.1, 0.15) is 0 Å². The molecule has 0 radical (unpaired) electrons. The van der Waals surface area contributed by atoms with Gasteiger partial charge < -0.3 is 11.1 Å². The Kier molecular flexibility index (Phi) is 5.74. The molecule has 0 unspecified atom stereocenters. The molecule has 0 fully saturated rings. The molecule has 7 heteroatoms. The number of anilines is 1. The molecule has 0 aliphatic carbocycles. The highest BCUT2D eigenvalue weighted by Crippen LogP contribution is 2.20. The van der Waals surface area contributed by atoms with Gasteiger partial charge in [-0.3, -0.25) is 4.79 Å². The van der Waals surface area contributed by atoms with Crippen LogP contribution >= 0.6 is 0 Å². The number of aryl methyl sites for hydroxylation is 1. The van der Waals surface area contributed by atoms with E-state index in [2.05, 4.69) is 5.32 Å². The van der Waals surface area contributed by atoms with Gasteiger partial charge in [-0.15, -0.1) is 0 Å². The molecule has 6 nitrogen and oxygen atoms in total. The topological polar surface area (TPSA) is 92.5 Å². The third-order valence-electron chi connectivity index (χ3n) is 3.01. The van der Waals surface area contributed by atoms with Crippen molar-refractivity contribution in [1.82, 2.24) is 9.62 Å². The molecular weight excluding hydrogens is 290 g/mol. The largest absolute Gasteiger partial charge is 0.398 e. The number of hydrogen-bond acceptors (Lipinski definition) is 4. The maximum absolute atomic E-state index is 12.5. The van der Waals surface area contributed by atoms with Gasteiger partial charge >= 0.3 is 0 Å². The first-order chi connectivity index (χ1) is 9.68. The fourth-order valence-electron chi connectivity index (χ4n) is 1.82. The van der Waals surface area contributed by atoms with E-state index in [9.17, 15) is 13.2 Å². The minimum Gasteiger partial charge on any atom is -0.398 e. The van der Waals surface area contributed by atoms with E-state index in [0.29, 0.717) is 5.69 Å². The number of sulfonamides is 1. The number of nitrogens with one attached hydrogen (secondary N) is 1. The Hall–Kier alpha value is -1.60. The summed E-state index contributed by atoms with van der Waals surface area (Å²) in [5, 5.41) is 2.68. The Bertz CT molecular complexity index is 612. The van der Waals surface area contributed by atoms with Crippen LogP contribution in [0, 0.1) is 6.92 Å². The highest BCUT2D eigenvalue weighted by atomic mass is 32.2. The van der Waals surface area contributed by atoms with E-state index in [0.717, 1.165) is 9.87 Å². The van der Waals surface area contributed by atoms with Crippen LogP contribution < -0.4 is 11.1 Å². The lowest BCUT2D eigenvalue weighted by Gasteiger charge is -2.21. The molecule has 0 aliphatic rings. The molecule has 1 aromatic rings. The second kappa shape index (κ2) is 6.91. The first-order valence-corrected chi connectivity index (χ1v) is 8.28. The van der Waals surface area contributed by atoms with E-state index in [1.165, 1.54) is 12.1 Å². The van der Waals surface area contributed by atoms with Gasteiger partial charge in [0, 0.05) is 18.3 Å². The number of likely N-dealkylation sites (N-methyl/N-ethyl adjacent to an activating group) is 1. The van der Waals surface area contributed by atoms with Crippen LogP contribution in [-0.4, -0.2) is 37.8 Å². The van der Waals surface area contributed by atoms with Gasteiger partial charge in [-0.25, -0.2) is 8.42 Å². The van der Waals surface area contributed by atoms with Crippen LogP contribution in [-0.2, 0) is 14.8 Å². The van der Waals surface area contributed by atoms with E-state index in [-0.39, 0.29) is 29.9 Å². The number of carbonyl (C=O) groups is 1. The van der Waals surface area contributed by atoms with Crippen LogP contribution in [0.25, 0.3) is 0 Å². The molecule has 0 bridgehead atoms. The molecule has 118 valence electrons. The Morgan fingerprint density at radius 2 is 2.00 bits per heavy atom. The number of hydrogen-bond donors (Lipinski definition) is 2. The Morgan fingerprint density at radius 3 is 2.48 bits per heavy atom. The summed E-state index contributed by atoms with van der Waals surface area (Å²) in [6.07, 6.45) is 0. The minimum absolute atomic E-state index is 0.0334. The number of rotatable bonds is 6. The number of carbonyl (C=O) groups excluding carboxylic acids is 1. The van der Waals surface area contributed by atoms with Crippen molar-refractivity contribution >= 4 is 21.6 Å². The number of nitrogen functional groups attached to an aromatic ring is 1. The molecule has 1 amide bonds. The van der Waals surface area contributed by atoms with Crippen molar-refractivity contribution in [3.63, 3.8) is 0 Å². The van der Waals surface area contributed by atoms with Gasteiger partial charge in [0.25, 0.3) is 0 Å². The average molecular weight is 313 g/mol. The smallest absolute Gasteiger partial charge is 0.243 e. The lowest BCUT2D eigenvalue weighted by Crippen LogP contribution is -2.42. The molecule has 3 N–H and O–H groups in total. The summed E-state index contributed by atoms with van der Waals surface area (Å²) in [7, 11) is -3.73. The van der Waals surface area contributed by atoms with Crippen molar-refractivity contribution in [2.24, 2.45) is 0 Å². The second-order valence-electron chi connectivity index (χ2n) is 5.17. The maximum atomic E-state index is 12.5. The summed E-state index contributed by atoms with van der Waals surface area (Å²) in [5.41, 5.74) is 6.99. The Labute approximate surface area is 126 Å². The molecule has 0 spiro atoms. The molecule has 0 aromatic heterocycles. The zero-order valence-corrected chi connectivity index (χ0v) is 13.7. The second-order valence-corrected chi connectivity index (χ2v) is 7.11. The normalized spacial score (nSPS) is 11.9. The fourth-order valence-corrected chi connectivity index (χ4v) is 3.26. The van der Waals surface area contributed by atoms with Crippen LogP contribution in [0.4, 0.5) is 5.69 Å². The zero-order valence-electron chi connectivity index (χ0n) is 12.9. The first kappa shape index (κ1) is 17.5. The van der Waals surface area contributed by atoms with Crippen LogP contribution in [0.1, 0.15) is 26.3 Å². The zero-order chi connectivity index (χ0) is 16.2. The van der Waals surface area contributed by atoms with Gasteiger partial charge in [0.2, 0.25) is 15.9 Å². The molecule has 0 atom stereocenters. The quantitative estimate of drug-likeness (QED) is 0.770. The standard InChI is InChI=1S/C14H23N3O3S/c1-5-17(9-14(18)16-10(2)3)21(19,20)12-7-6-11(4)13(15)8-12/h6-8,10H,5,9,15H2,1-4H3,(H,16,18). The van der Waals surface area contributed by atoms with Crippen LogP contribution in [0.5, 0.6) is 0 Å². The maximum Gasteiger partial charge on any atom is 0.243 e. The Balaban J connectivity index is 3.02. The summed E-state index contributed by atoms with van der Waals surface area (Å²) in [6.45, 7) is 7.15. The summed E-state index contributed by atoms with van der Waals surface area (Å²) in [6, 6.07) is 4.55. The van der Waals surface area contributed by atoms with Crippen molar-refractivity contribution in [3.05, 3.63) is 23.8 Å². The predicted octanol–water partition coefficient (Wildman–Crippen LogP) is 1.11.